The number of para-hydroxylation sites is 1. The van der Waals surface area contributed by atoms with Gasteiger partial charge in [-0.1, -0.05) is 32.0 Å². The second kappa shape index (κ2) is 11.8. The smallest absolute Gasteiger partial charge is 0.238 e. The molecule has 1 aromatic rings. The Morgan fingerprint density at radius 3 is 2.58 bits per heavy atom. The Labute approximate surface area is 148 Å². The van der Waals surface area contributed by atoms with Crippen molar-refractivity contribution < 1.29 is 14.6 Å². The lowest BCUT2D eigenvalue weighted by Gasteiger charge is -2.13. The lowest BCUT2D eigenvalue weighted by atomic mass is 10.1. The number of nitrogens with one attached hydrogen (secondary N) is 3. The summed E-state index contributed by atoms with van der Waals surface area (Å²) < 4.78 is 5.38. The van der Waals surface area contributed by atoms with Gasteiger partial charge in [0.25, 0.3) is 0 Å². The first-order valence-electron chi connectivity index (χ1n) is 8.14. The van der Waals surface area contributed by atoms with Crippen molar-refractivity contribution in [1.82, 2.24) is 10.9 Å². The highest BCUT2D eigenvalue weighted by Crippen LogP contribution is 2.04. The van der Waals surface area contributed by atoms with Crippen molar-refractivity contribution in [2.24, 2.45) is 5.92 Å². The van der Waals surface area contributed by atoms with Crippen LogP contribution in [0.2, 0.25) is 0 Å². The van der Waals surface area contributed by atoms with Gasteiger partial charge in [-0.15, -0.1) is 0 Å². The van der Waals surface area contributed by atoms with E-state index in [-0.39, 0.29) is 18.9 Å². The van der Waals surface area contributed by atoms with Gasteiger partial charge in [-0.25, -0.2) is 0 Å². The van der Waals surface area contributed by atoms with Gasteiger partial charge < -0.3 is 15.2 Å². The molecule has 0 saturated heterocycles. The van der Waals surface area contributed by atoms with Crippen LogP contribution in [0.15, 0.2) is 30.3 Å². The number of carbonyl (C=O) groups excluding carboxylic acids is 1. The van der Waals surface area contributed by atoms with Gasteiger partial charge in [-0.05, 0) is 43.1 Å². The van der Waals surface area contributed by atoms with E-state index in [4.69, 9.17) is 17.0 Å². The third-order valence-corrected chi connectivity index (χ3v) is 3.41. The summed E-state index contributed by atoms with van der Waals surface area (Å²) in [6.45, 7) is 5.12. The summed E-state index contributed by atoms with van der Waals surface area (Å²) in [5, 5.41) is 13.0. The fourth-order valence-electron chi connectivity index (χ4n) is 1.79. The molecule has 0 aliphatic rings. The molecular weight excluding hydrogens is 326 g/mol. The van der Waals surface area contributed by atoms with Crippen LogP contribution in [0.4, 0.5) is 5.69 Å². The van der Waals surface area contributed by atoms with Gasteiger partial charge in [0.15, 0.2) is 5.11 Å². The minimum absolute atomic E-state index is 0.190. The van der Waals surface area contributed by atoms with Crippen LogP contribution in [0, 0.1) is 5.92 Å². The van der Waals surface area contributed by atoms with E-state index in [0.29, 0.717) is 24.1 Å². The number of hydrazine groups is 1. The fourth-order valence-corrected chi connectivity index (χ4v) is 1.96. The number of hydrogen-bond acceptors (Lipinski definition) is 4. The summed E-state index contributed by atoms with van der Waals surface area (Å²) in [6.07, 6.45) is 0.851. The van der Waals surface area contributed by atoms with Crippen molar-refractivity contribution in [3.8, 4) is 0 Å². The molecule has 1 aromatic carbocycles. The summed E-state index contributed by atoms with van der Waals surface area (Å²) >= 11 is 5.08. The van der Waals surface area contributed by atoms with E-state index >= 15 is 0 Å². The molecule has 0 aromatic heterocycles. The van der Waals surface area contributed by atoms with Crippen LogP contribution in [0.1, 0.15) is 33.1 Å². The zero-order valence-corrected chi connectivity index (χ0v) is 15.1. The lowest BCUT2D eigenvalue weighted by molar-refractivity contribution is -0.122. The van der Waals surface area contributed by atoms with Gasteiger partial charge in [0.1, 0.15) is 0 Å². The molecule has 0 spiro atoms. The summed E-state index contributed by atoms with van der Waals surface area (Å²) in [5.41, 5.74) is 5.95. The van der Waals surface area contributed by atoms with Crippen molar-refractivity contribution in [2.75, 3.05) is 18.5 Å². The third-order valence-electron chi connectivity index (χ3n) is 3.20. The Morgan fingerprint density at radius 1 is 1.21 bits per heavy atom. The zero-order chi connectivity index (χ0) is 17.8. The minimum atomic E-state index is -0.641. The summed E-state index contributed by atoms with van der Waals surface area (Å²) in [4.78, 5) is 11.7. The SMILES string of the molecule is CC(C)CCOC[C@@H](O)CCC(=O)NNC(=S)Nc1ccccc1. The highest BCUT2D eigenvalue weighted by atomic mass is 32.1. The predicted molar refractivity (Wildman–Crippen MR) is 99.5 cm³/mol. The van der Waals surface area contributed by atoms with Gasteiger partial charge in [-0.3, -0.25) is 15.6 Å². The normalized spacial score (nSPS) is 11.8. The van der Waals surface area contributed by atoms with E-state index in [1.807, 2.05) is 30.3 Å². The standard InChI is InChI=1S/C17H27N3O3S/c1-13(2)10-11-23-12-15(21)8-9-16(22)19-20-17(24)18-14-6-4-3-5-7-14/h3-7,13,15,21H,8-12H2,1-2H3,(H,19,22)(H2,18,20,24)/t15-/m0/s1. The van der Waals surface area contributed by atoms with Gasteiger partial charge in [-0.2, -0.15) is 0 Å². The molecule has 24 heavy (non-hydrogen) atoms. The number of thiocarbonyl (C=S) groups is 1. The van der Waals surface area contributed by atoms with E-state index in [0.717, 1.165) is 12.1 Å². The Bertz CT molecular complexity index is 497. The van der Waals surface area contributed by atoms with Crippen LogP contribution < -0.4 is 16.2 Å². The molecule has 0 bridgehead atoms. The quantitative estimate of drug-likeness (QED) is 0.310. The number of anilines is 1. The van der Waals surface area contributed by atoms with Crippen LogP contribution in [-0.2, 0) is 9.53 Å². The van der Waals surface area contributed by atoms with Crippen LogP contribution >= 0.6 is 12.2 Å². The van der Waals surface area contributed by atoms with Crippen molar-refractivity contribution >= 4 is 28.9 Å². The first-order chi connectivity index (χ1) is 11.5. The molecule has 0 radical (unpaired) electrons. The Balaban J connectivity index is 2.09. The van der Waals surface area contributed by atoms with Crippen molar-refractivity contribution in [1.29, 1.82) is 0 Å². The number of aliphatic hydroxyl groups excluding tert-OH is 1. The Kier molecular flexibility index (Phi) is 9.98. The number of ether oxygens (including phenoxy) is 1. The molecule has 7 heteroatoms. The van der Waals surface area contributed by atoms with Crippen LogP contribution in [0.25, 0.3) is 0 Å². The molecule has 6 nitrogen and oxygen atoms in total. The molecule has 1 rings (SSSR count). The number of aliphatic hydroxyl groups is 1. The van der Waals surface area contributed by atoms with Crippen molar-refractivity contribution in [3.05, 3.63) is 30.3 Å². The molecule has 0 heterocycles. The lowest BCUT2D eigenvalue weighted by Crippen LogP contribution is -2.43. The zero-order valence-electron chi connectivity index (χ0n) is 14.2. The number of amides is 1. The molecule has 0 unspecified atom stereocenters. The molecule has 1 amide bonds. The fraction of sp³-hybridized carbons (Fsp3) is 0.529. The maximum absolute atomic E-state index is 11.7. The predicted octanol–water partition coefficient (Wildman–Crippen LogP) is 2.21. The summed E-state index contributed by atoms with van der Waals surface area (Å²) in [5.74, 6) is 0.334. The highest BCUT2D eigenvalue weighted by Gasteiger charge is 2.09. The number of carbonyl (C=O) groups is 1. The van der Waals surface area contributed by atoms with Crippen LogP contribution in [-0.4, -0.2) is 35.4 Å². The maximum Gasteiger partial charge on any atom is 0.238 e. The van der Waals surface area contributed by atoms with Crippen molar-refractivity contribution in [2.45, 2.75) is 39.2 Å². The molecular formula is C17H27N3O3S. The third kappa shape index (κ3) is 10.1. The second-order valence-corrected chi connectivity index (χ2v) is 6.35. The molecule has 0 aliphatic heterocycles. The van der Waals surface area contributed by atoms with Crippen LogP contribution in [0.5, 0.6) is 0 Å². The molecule has 134 valence electrons. The molecule has 4 N–H and O–H groups in total. The average Bonchev–Trinajstić information content (AvgIpc) is 2.55. The van der Waals surface area contributed by atoms with Crippen molar-refractivity contribution in [3.63, 3.8) is 0 Å². The van der Waals surface area contributed by atoms with Gasteiger partial charge in [0.2, 0.25) is 5.91 Å². The number of hydrogen-bond donors (Lipinski definition) is 4. The molecule has 1 atom stereocenters. The summed E-state index contributed by atoms with van der Waals surface area (Å²) in [6, 6.07) is 9.40. The topological polar surface area (TPSA) is 82.6 Å². The largest absolute Gasteiger partial charge is 0.391 e. The van der Waals surface area contributed by atoms with E-state index in [2.05, 4.69) is 30.0 Å². The Morgan fingerprint density at radius 2 is 1.92 bits per heavy atom. The maximum atomic E-state index is 11.7. The van der Waals surface area contributed by atoms with Gasteiger partial charge in [0, 0.05) is 18.7 Å². The van der Waals surface area contributed by atoms with E-state index in [1.165, 1.54) is 0 Å². The van der Waals surface area contributed by atoms with Gasteiger partial charge in [0.05, 0.1) is 12.7 Å². The van der Waals surface area contributed by atoms with Crippen LogP contribution in [0.3, 0.4) is 0 Å². The van der Waals surface area contributed by atoms with E-state index in [9.17, 15) is 9.90 Å². The summed E-state index contributed by atoms with van der Waals surface area (Å²) in [7, 11) is 0. The van der Waals surface area contributed by atoms with E-state index in [1.54, 1.807) is 0 Å². The first kappa shape index (κ1) is 20.3. The minimum Gasteiger partial charge on any atom is -0.391 e. The Hall–Kier alpha value is -1.70. The number of benzene rings is 1. The van der Waals surface area contributed by atoms with Gasteiger partial charge >= 0.3 is 0 Å². The molecule has 0 fully saturated rings. The highest BCUT2D eigenvalue weighted by molar-refractivity contribution is 7.80. The monoisotopic (exact) mass is 353 g/mol. The average molecular weight is 353 g/mol. The first-order valence-corrected chi connectivity index (χ1v) is 8.55. The second-order valence-electron chi connectivity index (χ2n) is 5.94. The number of rotatable bonds is 9. The van der Waals surface area contributed by atoms with E-state index < -0.39 is 6.10 Å². The molecule has 0 saturated carbocycles. The molecule has 0 aliphatic carbocycles.